The van der Waals surface area contributed by atoms with Gasteiger partial charge in [-0.1, -0.05) is 35.9 Å². The quantitative estimate of drug-likeness (QED) is 0.177. The lowest BCUT2D eigenvalue weighted by Crippen LogP contribution is -2.19. The van der Waals surface area contributed by atoms with Crippen LogP contribution in [0.3, 0.4) is 0 Å². The maximum atomic E-state index is 12.5. The zero-order chi connectivity index (χ0) is 24.6. The summed E-state index contributed by atoms with van der Waals surface area (Å²) in [6.07, 6.45) is 0. The van der Waals surface area contributed by atoms with Gasteiger partial charge in [-0.3, -0.25) is 4.79 Å². The van der Waals surface area contributed by atoms with Crippen LogP contribution in [0.1, 0.15) is 5.56 Å². The number of anilines is 3. The number of methoxy groups -OCH3 is 1. The van der Waals surface area contributed by atoms with Crippen molar-refractivity contribution in [1.82, 2.24) is 4.98 Å². The number of benzene rings is 3. The topological polar surface area (TPSA) is 75.3 Å². The Morgan fingerprint density at radius 2 is 1.77 bits per heavy atom. The predicted octanol–water partition coefficient (Wildman–Crippen LogP) is 6.67. The second-order valence-corrected chi connectivity index (χ2v) is 9.89. The van der Waals surface area contributed by atoms with Crippen molar-refractivity contribution < 1.29 is 9.53 Å². The highest BCUT2D eigenvalue weighted by molar-refractivity contribution is 8.00. The molecule has 0 fully saturated rings. The lowest BCUT2D eigenvalue weighted by molar-refractivity contribution is -0.113. The summed E-state index contributed by atoms with van der Waals surface area (Å²) in [7, 11) is 1.63. The van der Waals surface area contributed by atoms with Crippen LogP contribution in [0.5, 0.6) is 5.75 Å². The van der Waals surface area contributed by atoms with E-state index in [0.717, 1.165) is 33.3 Å². The molecule has 6 nitrogen and oxygen atoms in total. The Bertz CT molecular complexity index is 1320. The number of thiazole rings is 1. The van der Waals surface area contributed by atoms with Gasteiger partial charge < -0.3 is 20.7 Å². The molecule has 1 amide bonds. The fraction of sp³-hybridized carbons (Fsp3) is 0.115. The van der Waals surface area contributed by atoms with E-state index in [4.69, 9.17) is 17.0 Å². The zero-order valence-electron chi connectivity index (χ0n) is 19.2. The zero-order valence-corrected chi connectivity index (χ0v) is 21.7. The molecule has 0 unspecified atom stereocenters. The molecular formula is C26H24N4O2S3. The number of hydrogen-bond acceptors (Lipinski definition) is 6. The number of rotatable bonds is 8. The first kappa shape index (κ1) is 24.7. The van der Waals surface area contributed by atoms with Gasteiger partial charge in [-0.25, -0.2) is 4.98 Å². The third-order valence-electron chi connectivity index (χ3n) is 4.89. The van der Waals surface area contributed by atoms with Crippen molar-refractivity contribution in [3.05, 3.63) is 83.7 Å². The molecule has 35 heavy (non-hydrogen) atoms. The molecule has 0 aliphatic carbocycles. The van der Waals surface area contributed by atoms with E-state index in [9.17, 15) is 4.79 Å². The minimum absolute atomic E-state index is 0.114. The van der Waals surface area contributed by atoms with Crippen LogP contribution in [0.2, 0.25) is 0 Å². The van der Waals surface area contributed by atoms with Crippen LogP contribution in [0.15, 0.2) is 83.1 Å². The van der Waals surface area contributed by atoms with Crippen molar-refractivity contribution in [2.45, 2.75) is 11.8 Å². The van der Waals surface area contributed by atoms with Crippen molar-refractivity contribution in [1.29, 1.82) is 0 Å². The minimum Gasteiger partial charge on any atom is -0.497 e. The van der Waals surface area contributed by atoms with Gasteiger partial charge in [0.1, 0.15) is 5.75 Å². The van der Waals surface area contributed by atoms with Crippen LogP contribution in [0.4, 0.5) is 16.5 Å². The third-order valence-corrected chi connectivity index (χ3v) is 6.84. The average Bonchev–Trinajstić information content (AvgIpc) is 3.33. The van der Waals surface area contributed by atoms with Crippen LogP contribution in [-0.2, 0) is 4.79 Å². The van der Waals surface area contributed by atoms with E-state index >= 15 is 0 Å². The van der Waals surface area contributed by atoms with Gasteiger partial charge in [-0.05, 0) is 61.6 Å². The molecule has 9 heteroatoms. The molecule has 0 atom stereocenters. The number of hydrogen-bond donors (Lipinski definition) is 3. The summed E-state index contributed by atoms with van der Waals surface area (Å²) in [5.74, 6) is 0.918. The van der Waals surface area contributed by atoms with E-state index in [-0.39, 0.29) is 11.7 Å². The van der Waals surface area contributed by atoms with Crippen molar-refractivity contribution in [2.75, 3.05) is 28.8 Å². The first-order valence-electron chi connectivity index (χ1n) is 10.8. The van der Waals surface area contributed by atoms with Gasteiger partial charge in [-0.2, -0.15) is 0 Å². The van der Waals surface area contributed by atoms with Crippen LogP contribution < -0.4 is 20.7 Å². The molecule has 0 spiro atoms. The average molecular weight is 521 g/mol. The molecular weight excluding hydrogens is 497 g/mol. The van der Waals surface area contributed by atoms with Gasteiger partial charge in [0, 0.05) is 27.2 Å². The van der Waals surface area contributed by atoms with E-state index in [2.05, 4.69) is 20.9 Å². The van der Waals surface area contributed by atoms with Gasteiger partial charge >= 0.3 is 0 Å². The second kappa shape index (κ2) is 11.8. The number of nitrogens with zero attached hydrogens (tertiary/aromatic N) is 1. The molecule has 1 aromatic heterocycles. The monoisotopic (exact) mass is 520 g/mol. The summed E-state index contributed by atoms with van der Waals surface area (Å²) in [5, 5.41) is 12.2. The molecule has 3 N–H and O–H groups in total. The first-order valence-corrected chi connectivity index (χ1v) is 13.0. The highest BCUT2D eigenvalue weighted by atomic mass is 32.2. The molecule has 0 saturated heterocycles. The van der Waals surface area contributed by atoms with Gasteiger partial charge in [0.05, 0.1) is 18.6 Å². The number of aromatic nitrogens is 1. The Hall–Kier alpha value is -3.40. The van der Waals surface area contributed by atoms with Crippen LogP contribution in [0, 0.1) is 6.92 Å². The van der Waals surface area contributed by atoms with Gasteiger partial charge in [0.2, 0.25) is 5.91 Å². The lowest BCUT2D eigenvalue weighted by Gasteiger charge is -2.11. The van der Waals surface area contributed by atoms with Crippen molar-refractivity contribution in [3.8, 4) is 17.0 Å². The Morgan fingerprint density at radius 1 is 1.00 bits per heavy atom. The van der Waals surface area contributed by atoms with Crippen molar-refractivity contribution in [2.24, 2.45) is 0 Å². The Kier molecular flexibility index (Phi) is 8.36. The maximum absolute atomic E-state index is 12.5. The molecule has 4 rings (SSSR count). The van der Waals surface area contributed by atoms with E-state index in [1.807, 2.05) is 85.1 Å². The normalized spacial score (nSPS) is 10.5. The molecule has 3 aromatic carbocycles. The summed E-state index contributed by atoms with van der Waals surface area (Å²) >= 11 is 8.26. The predicted molar refractivity (Wildman–Crippen MR) is 151 cm³/mol. The summed E-state index contributed by atoms with van der Waals surface area (Å²) in [5.41, 5.74) is 4.70. The van der Waals surface area contributed by atoms with Gasteiger partial charge in [0.15, 0.2) is 10.2 Å². The highest BCUT2D eigenvalue weighted by Gasteiger charge is 2.10. The SMILES string of the molecule is COc1cccc(-c2csc(NC(=O)CSc3cccc(NC(=S)Nc4ccc(C)cc4)c3)n2)c1. The Balaban J connectivity index is 1.28. The molecule has 178 valence electrons. The Labute approximate surface area is 218 Å². The van der Waals surface area contributed by atoms with Gasteiger partial charge in [0.25, 0.3) is 0 Å². The van der Waals surface area contributed by atoms with E-state index in [0.29, 0.717) is 10.2 Å². The smallest absolute Gasteiger partial charge is 0.236 e. The maximum Gasteiger partial charge on any atom is 0.236 e. The fourth-order valence-corrected chi connectivity index (χ4v) is 4.87. The molecule has 1 heterocycles. The number of ether oxygens (including phenoxy) is 1. The highest BCUT2D eigenvalue weighted by Crippen LogP contribution is 2.28. The second-order valence-electron chi connectivity index (χ2n) is 7.58. The number of nitrogens with one attached hydrogen (secondary N) is 3. The van der Waals surface area contributed by atoms with E-state index in [1.54, 1.807) is 7.11 Å². The number of aryl methyl sites for hydroxylation is 1. The summed E-state index contributed by atoms with van der Waals surface area (Å²) < 4.78 is 5.27. The van der Waals surface area contributed by atoms with Crippen LogP contribution >= 0.6 is 35.3 Å². The summed E-state index contributed by atoms with van der Waals surface area (Å²) in [6, 6.07) is 23.5. The van der Waals surface area contributed by atoms with Crippen LogP contribution in [0.25, 0.3) is 11.3 Å². The Morgan fingerprint density at radius 3 is 2.57 bits per heavy atom. The number of thioether (sulfide) groups is 1. The third kappa shape index (κ3) is 7.29. The summed E-state index contributed by atoms with van der Waals surface area (Å²) in [6.45, 7) is 2.04. The number of amides is 1. The molecule has 0 aliphatic rings. The molecule has 0 aliphatic heterocycles. The van der Waals surface area contributed by atoms with E-state index < -0.39 is 0 Å². The van der Waals surface area contributed by atoms with Crippen molar-refractivity contribution in [3.63, 3.8) is 0 Å². The molecule has 0 bridgehead atoms. The van der Waals surface area contributed by atoms with E-state index in [1.165, 1.54) is 28.7 Å². The number of thiocarbonyl (C=S) groups is 1. The standard InChI is InChI=1S/C26H24N4O2S3/c1-17-9-11-19(12-10-17)27-25(33)28-20-6-4-8-22(14-20)34-16-24(31)30-26-29-23(15-35-26)18-5-3-7-21(13-18)32-2/h3-15H,16H2,1-2H3,(H2,27,28,33)(H,29,30,31). The fourth-order valence-electron chi connectivity index (χ4n) is 3.14. The molecule has 0 radical (unpaired) electrons. The minimum atomic E-state index is -0.114. The van der Waals surface area contributed by atoms with Crippen molar-refractivity contribution >= 4 is 62.8 Å². The number of carbonyl (C=O) groups excluding carboxylic acids is 1. The first-order chi connectivity index (χ1) is 17.0. The number of carbonyl (C=O) groups is 1. The van der Waals surface area contributed by atoms with Crippen LogP contribution in [-0.4, -0.2) is 28.9 Å². The molecule has 4 aromatic rings. The van der Waals surface area contributed by atoms with Gasteiger partial charge in [-0.15, -0.1) is 23.1 Å². The molecule has 0 saturated carbocycles. The lowest BCUT2D eigenvalue weighted by atomic mass is 10.2. The largest absolute Gasteiger partial charge is 0.497 e. The summed E-state index contributed by atoms with van der Waals surface area (Å²) in [4.78, 5) is 18.0.